The molecule has 2 rings (SSSR count). The molecule has 0 amide bonds. The van der Waals surface area contributed by atoms with Crippen molar-refractivity contribution >= 4 is 11.3 Å². The normalized spacial score (nSPS) is 14.6. The predicted molar refractivity (Wildman–Crippen MR) is 78.6 cm³/mol. The Balaban J connectivity index is 2.23. The Morgan fingerprint density at radius 3 is 2.63 bits per heavy atom. The van der Waals surface area contributed by atoms with Gasteiger partial charge in [-0.2, -0.15) is 11.3 Å². The van der Waals surface area contributed by atoms with Gasteiger partial charge < -0.3 is 5.73 Å². The molecule has 0 saturated heterocycles. The molecule has 2 unspecified atom stereocenters. The second kappa shape index (κ2) is 6.28. The molecule has 102 valence electrons. The number of rotatable bonds is 5. The van der Waals surface area contributed by atoms with Crippen molar-refractivity contribution in [2.45, 2.75) is 25.6 Å². The lowest BCUT2D eigenvalue weighted by Gasteiger charge is -2.31. The van der Waals surface area contributed by atoms with Gasteiger partial charge in [-0.15, -0.1) is 0 Å². The zero-order chi connectivity index (χ0) is 13.8. The average Bonchev–Trinajstić information content (AvgIpc) is 2.84. The summed E-state index contributed by atoms with van der Waals surface area (Å²) in [7, 11) is 1.98. The minimum Gasteiger partial charge on any atom is -0.326 e. The van der Waals surface area contributed by atoms with Gasteiger partial charge in [-0.05, 0) is 42.4 Å². The van der Waals surface area contributed by atoms with Gasteiger partial charge in [0.2, 0.25) is 0 Å². The van der Waals surface area contributed by atoms with Gasteiger partial charge in [0, 0.05) is 18.2 Å². The van der Waals surface area contributed by atoms with Gasteiger partial charge in [0.05, 0.1) is 6.04 Å². The van der Waals surface area contributed by atoms with E-state index < -0.39 is 0 Å². The van der Waals surface area contributed by atoms with Crippen molar-refractivity contribution < 1.29 is 4.39 Å². The van der Waals surface area contributed by atoms with E-state index in [1.165, 1.54) is 11.6 Å². The molecule has 1 aromatic carbocycles. The fourth-order valence-corrected chi connectivity index (χ4v) is 3.07. The molecular formula is C15H19FN2S. The lowest BCUT2D eigenvalue weighted by Crippen LogP contribution is -2.37. The highest BCUT2D eigenvalue weighted by atomic mass is 32.1. The molecule has 19 heavy (non-hydrogen) atoms. The number of nitrogens with two attached hydrogens (primary N) is 1. The number of benzene rings is 1. The third kappa shape index (κ3) is 3.41. The summed E-state index contributed by atoms with van der Waals surface area (Å²) in [5.41, 5.74) is 7.95. The van der Waals surface area contributed by atoms with E-state index in [2.05, 4.69) is 16.3 Å². The number of thiophene rings is 1. The third-order valence-electron chi connectivity index (χ3n) is 3.21. The van der Waals surface area contributed by atoms with E-state index in [1.54, 1.807) is 17.4 Å². The topological polar surface area (TPSA) is 29.3 Å². The van der Waals surface area contributed by atoms with Crippen LogP contribution in [0.4, 0.5) is 4.39 Å². The van der Waals surface area contributed by atoms with Gasteiger partial charge in [-0.3, -0.25) is 4.90 Å². The van der Waals surface area contributed by atoms with Gasteiger partial charge in [0.15, 0.2) is 0 Å². The number of halogens is 1. The highest BCUT2D eigenvalue weighted by Gasteiger charge is 2.23. The fourth-order valence-electron chi connectivity index (χ4n) is 2.41. The molecule has 2 nitrogen and oxygen atoms in total. The molecule has 0 aliphatic rings. The van der Waals surface area contributed by atoms with Gasteiger partial charge in [0.1, 0.15) is 5.82 Å². The van der Waals surface area contributed by atoms with Crippen molar-refractivity contribution in [3.63, 3.8) is 0 Å². The van der Waals surface area contributed by atoms with Crippen LogP contribution in [0.15, 0.2) is 41.1 Å². The smallest absolute Gasteiger partial charge is 0.128 e. The van der Waals surface area contributed by atoms with E-state index in [4.69, 9.17) is 5.73 Å². The van der Waals surface area contributed by atoms with Crippen molar-refractivity contribution in [3.05, 3.63) is 58.0 Å². The fraction of sp³-hybridized carbons (Fsp3) is 0.333. The second-order valence-electron chi connectivity index (χ2n) is 4.87. The average molecular weight is 278 g/mol. The molecule has 0 fully saturated rings. The molecule has 1 aromatic heterocycles. The first-order valence-electron chi connectivity index (χ1n) is 6.31. The Morgan fingerprint density at radius 2 is 2.05 bits per heavy atom. The summed E-state index contributed by atoms with van der Waals surface area (Å²) in [5.74, 6) is -0.193. The van der Waals surface area contributed by atoms with Crippen LogP contribution in [-0.4, -0.2) is 18.0 Å². The minimum atomic E-state index is -0.193. The molecule has 1 heterocycles. The summed E-state index contributed by atoms with van der Waals surface area (Å²) in [6, 6.07) is 8.68. The maximum atomic E-state index is 14.0. The van der Waals surface area contributed by atoms with Crippen LogP contribution in [-0.2, 0) is 6.54 Å². The Kier molecular flexibility index (Phi) is 4.69. The monoisotopic (exact) mass is 278 g/mol. The van der Waals surface area contributed by atoms with E-state index in [1.807, 2.05) is 31.5 Å². The molecule has 4 heteroatoms. The van der Waals surface area contributed by atoms with Crippen molar-refractivity contribution in [1.29, 1.82) is 0 Å². The highest BCUT2D eigenvalue weighted by molar-refractivity contribution is 7.07. The summed E-state index contributed by atoms with van der Waals surface area (Å²) in [6.45, 7) is 2.69. The van der Waals surface area contributed by atoms with Crippen molar-refractivity contribution in [3.8, 4) is 0 Å². The van der Waals surface area contributed by atoms with E-state index in [9.17, 15) is 4.39 Å². The zero-order valence-electron chi connectivity index (χ0n) is 11.2. The van der Waals surface area contributed by atoms with E-state index >= 15 is 0 Å². The molecular weight excluding hydrogens is 259 g/mol. The number of likely N-dealkylation sites (N-methyl/N-ethyl adjacent to an activating group) is 1. The van der Waals surface area contributed by atoms with E-state index in [-0.39, 0.29) is 17.9 Å². The van der Waals surface area contributed by atoms with Crippen LogP contribution in [0.3, 0.4) is 0 Å². The molecule has 0 aliphatic carbocycles. The maximum Gasteiger partial charge on any atom is 0.128 e. The summed E-state index contributed by atoms with van der Waals surface area (Å²) in [4.78, 5) is 2.10. The van der Waals surface area contributed by atoms with Gasteiger partial charge in [-0.25, -0.2) is 4.39 Å². The Morgan fingerprint density at radius 1 is 1.32 bits per heavy atom. The molecule has 2 N–H and O–H groups in total. The van der Waals surface area contributed by atoms with Crippen LogP contribution in [0.25, 0.3) is 0 Å². The minimum absolute atomic E-state index is 0.124. The van der Waals surface area contributed by atoms with Gasteiger partial charge in [0.25, 0.3) is 0 Å². The number of hydrogen-bond acceptors (Lipinski definition) is 3. The molecule has 0 saturated carbocycles. The highest BCUT2D eigenvalue weighted by Crippen LogP contribution is 2.26. The maximum absolute atomic E-state index is 14.0. The van der Waals surface area contributed by atoms with E-state index in [0.29, 0.717) is 5.56 Å². The lowest BCUT2D eigenvalue weighted by molar-refractivity contribution is 0.206. The quantitative estimate of drug-likeness (QED) is 0.908. The Hall–Kier alpha value is -1.23. The molecule has 0 aliphatic heterocycles. The number of hydrogen-bond donors (Lipinski definition) is 1. The molecule has 0 radical (unpaired) electrons. The van der Waals surface area contributed by atoms with E-state index in [0.717, 1.165) is 6.54 Å². The first kappa shape index (κ1) is 14.2. The summed E-state index contributed by atoms with van der Waals surface area (Å²) in [6.07, 6.45) is 0. The predicted octanol–water partition coefficient (Wildman–Crippen LogP) is 3.41. The third-order valence-corrected chi connectivity index (χ3v) is 3.94. The lowest BCUT2D eigenvalue weighted by atomic mass is 9.98. The first-order valence-corrected chi connectivity index (χ1v) is 7.25. The Bertz CT molecular complexity index is 511. The zero-order valence-corrected chi connectivity index (χ0v) is 12.0. The molecule has 2 atom stereocenters. The molecule has 0 bridgehead atoms. The van der Waals surface area contributed by atoms with Crippen molar-refractivity contribution in [2.24, 2.45) is 5.73 Å². The van der Waals surface area contributed by atoms with Crippen LogP contribution in [0, 0.1) is 5.82 Å². The molecule has 0 spiro atoms. The summed E-state index contributed by atoms with van der Waals surface area (Å²) >= 11 is 1.67. The van der Waals surface area contributed by atoms with Crippen LogP contribution >= 0.6 is 11.3 Å². The standard InChI is InChI=1S/C15H19FN2S/c1-11(17)15(13-5-3-4-6-14(13)16)18(2)9-12-7-8-19-10-12/h3-8,10-11,15H,9,17H2,1-2H3. The van der Waals surface area contributed by atoms with Crippen molar-refractivity contribution in [2.75, 3.05) is 7.05 Å². The van der Waals surface area contributed by atoms with Crippen LogP contribution in [0.1, 0.15) is 24.1 Å². The van der Waals surface area contributed by atoms with Crippen LogP contribution in [0.2, 0.25) is 0 Å². The van der Waals surface area contributed by atoms with Crippen LogP contribution in [0.5, 0.6) is 0 Å². The van der Waals surface area contributed by atoms with Gasteiger partial charge >= 0.3 is 0 Å². The summed E-state index contributed by atoms with van der Waals surface area (Å²) < 4.78 is 14.0. The first-order chi connectivity index (χ1) is 9.09. The SMILES string of the molecule is CC(N)C(c1ccccc1F)N(C)Cc1ccsc1. The van der Waals surface area contributed by atoms with Crippen LogP contribution < -0.4 is 5.73 Å². The van der Waals surface area contributed by atoms with Crippen molar-refractivity contribution in [1.82, 2.24) is 4.90 Å². The summed E-state index contributed by atoms with van der Waals surface area (Å²) in [5, 5.41) is 4.16. The largest absolute Gasteiger partial charge is 0.326 e. The second-order valence-corrected chi connectivity index (χ2v) is 5.65. The van der Waals surface area contributed by atoms with Gasteiger partial charge in [-0.1, -0.05) is 18.2 Å². The number of nitrogens with zero attached hydrogens (tertiary/aromatic N) is 1. The molecule has 2 aromatic rings. The Labute approximate surface area is 117 Å².